The highest BCUT2D eigenvalue weighted by Gasteiger charge is 2.49. The van der Waals surface area contributed by atoms with Gasteiger partial charge in [0, 0.05) is 22.8 Å². The van der Waals surface area contributed by atoms with E-state index >= 15 is 0 Å². The van der Waals surface area contributed by atoms with Crippen LogP contribution in [0.3, 0.4) is 0 Å². The molecule has 3 aromatic rings. The second kappa shape index (κ2) is 8.00. The maximum Gasteiger partial charge on any atom is 0.300 e. The van der Waals surface area contributed by atoms with Crippen LogP contribution >= 0.6 is 11.6 Å². The van der Waals surface area contributed by atoms with Crippen LogP contribution in [-0.4, -0.2) is 26.7 Å². The topological polar surface area (TPSA) is 114 Å². The molecule has 2 aromatic carbocycles. The first-order valence-corrected chi connectivity index (χ1v) is 9.48. The summed E-state index contributed by atoms with van der Waals surface area (Å²) in [6.07, 6.45) is 2.86. The molecular formula is C22H14ClN3O5. The summed E-state index contributed by atoms with van der Waals surface area (Å²) in [5.74, 6) is -2.34. The average Bonchev–Trinajstić information content (AvgIpc) is 3.05. The fourth-order valence-electron chi connectivity index (χ4n) is 3.54. The third-order valence-electron chi connectivity index (χ3n) is 4.91. The molecule has 1 saturated heterocycles. The summed E-state index contributed by atoms with van der Waals surface area (Å²) in [4.78, 5) is 42.2. The van der Waals surface area contributed by atoms with Crippen molar-refractivity contribution in [2.24, 2.45) is 0 Å². The van der Waals surface area contributed by atoms with Crippen LogP contribution in [0.2, 0.25) is 5.02 Å². The number of nitro groups is 1. The van der Waals surface area contributed by atoms with Crippen molar-refractivity contribution in [1.82, 2.24) is 4.98 Å². The van der Waals surface area contributed by atoms with Gasteiger partial charge in [-0.05, 0) is 42.5 Å². The molecule has 1 aliphatic heterocycles. The normalized spacial score (nSPS) is 17.7. The number of rotatable bonds is 4. The van der Waals surface area contributed by atoms with Gasteiger partial charge in [0.15, 0.2) is 0 Å². The van der Waals surface area contributed by atoms with Crippen molar-refractivity contribution in [2.45, 2.75) is 6.04 Å². The minimum atomic E-state index is -1.22. The van der Waals surface area contributed by atoms with Gasteiger partial charge < -0.3 is 5.11 Å². The van der Waals surface area contributed by atoms with Gasteiger partial charge in [0.05, 0.1) is 27.9 Å². The number of aliphatic hydroxyl groups excluding tert-OH is 1. The number of aromatic nitrogens is 1. The Morgan fingerprint density at radius 1 is 1.06 bits per heavy atom. The molecule has 31 heavy (non-hydrogen) atoms. The third kappa shape index (κ3) is 3.53. The molecule has 0 unspecified atom stereocenters. The number of pyridine rings is 1. The quantitative estimate of drug-likeness (QED) is 0.215. The van der Waals surface area contributed by atoms with Gasteiger partial charge in [-0.2, -0.15) is 0 Å². The summed E-state index contributed by atoms with van der Waals surface area (Å²) in [5, 5.41) is 23.1. The second-order valence-electron chi connectivity index (χ2n) is 6.70. The van der Waals surface area contributed by atoms with Crippen molar-refractivity contribution in [3.05, 3.63) is 105 Å². The van der Waals surface area contributed by atoms with E-state index in [1.165, 1.54) is 54.9 Å². The van der Waals surface area contributed by atoms with Crippen molar-refractivity contribution < 1.29 is 19.6 Å². The number of anilines is 1. The van der Waals surface area contributed by atoms with E-state index in [4.69, 9.17) is 11.6 Å². The molecular weight excluding hydrogens is 422 g/mol. The van der Waals surface area contributed by atoms with Crippen molar-refractivity contribution in [3.63, 3.8) is 0 Å². The minimum Gasteiger partial charge on any atom is -0.507 e. The lowest BCUT2D eigenvalue weighted by atomic mass is 9.94. The number of hydrogen-bond acceptors (Lipinski definition) is 6. The fourth-order valence-corrected chi connectivity index (χ4v) is 3.66. The summed E-state index contributed by atoms with van der Waals surface area (Å²) in [6, 6.07) is 13.7. The van der Waals surface area contributed by atoms with Crippen molar-refractivity contribution in [1.29, 1.82) is 0 Å². The first-order chi connectivity index (χ1) is 14.9. The fraction of sp³-hybridized carbons (Fsp3) is 0.0455. The van der Waals surface area contributed by atoms with Gasteiger partial charge >= 0.3 is 0 Å². The second-order valence-corrected chi connectivity index (χ2v) is 7.14. The zero-order valence-corrected chi connectivity index (χ0v) is 16.6. The number of Topliss-reactive ketones (excluding diaryl/α,β-unsaturated/α-hetero) is 1. The number of para-hydroxylation sites is 1. The third-order valence-corrected chi connectivity index (χ3v) is 5.17. The molecule has 0 saturated carbocycles. The van der Waals surface area contributed by atoms with Crippen LogP contribution in [0.25, 0.3) is 5.76 Å². The zero-order chi connectivity index (χ0) is 22.1. The summed E-state index contributed by atoms with van der Waals surface area (Å²) in [5.41, 5.74) is 0.0573. The van der Waals surface area contributed by atoms with Crippen LogP contribution < -0.4 is 4.90 Å². The maximum absolute atomic E-state index is 13.0. The van der Waals surface area contributed by atoms with Crippen molar-refractivity contribution in [2.75, 3.05) is 4.90 Å². The Bertz CT molecular complexity index is 1230. The Kier molecular flexibility index (Phi) is 5.22. The van der Waals surface area contributed by atoms with Crippen LogP contribution in [0.4, 0.5) is 11.4 Å². The number of carbonyl (C=O) groups is 2. The lowest BCUT2D eigenvalue weighted by molar-refractivity contribution is -0.385. The highest BCUT2D eigenvalue weighted by molar-refractivity contribution is 6.51. The minimum absolute atomic E-state index is 0.0890. The molecule has 0 spiro atoms. The van der Waals surface area contributed by atoms with Gasteiger partial charge in [-0.3, -0.25) is 29.6 Å². The Morgan fingerprint density at radius 3 is 2.42 bits per heavy atom. The number of aliphatic hydroxyl groups is 1. The molecule has 154 valence electrons. The molecule has 0 radical (unpaired) electrons. The van der Waals surface area contributed by atoms with Crippen molar-refractivity contribution >= 4 is 40.4 Å². The van der Waals surface area contributed by atoms with Crippen LogP contribution in [0.5, 0.6) is 0 Å². The van der Waals surface area contributed by atoms with E-state index in [-0.39, 0.29) is 28.1 Å². The van der Waals surface area contributed by atoms with Gasteiger partial charge in [0.2, 0.25) is 0 Å². The monoisotopic (exact) mass is 435 g/mol. The molecule has 1 atom stereocenters. The number of benzene rings is 2. The predicted molar refractivity (Wildman–Crippen MR) is 114 cm³/mol. The van der Waals surface area contributed by atoms with Gasteiger partial charge in [-0.25, -0.2) is 0 Å². The van der Waals surface area contributed by atoms with Crippen LogP contribution in [0.15, 0.2) is 78.6 Å². The number of nitro benzene ring substituents is 1. The van der Waals surface area contributed by atoms with Gasteiger partial charge in [0.1, 0.15) is 11.8 Å². The molecule has 2 heterocycles. The van der Waals surface area contributed by atoms with E-state index in [9.17, 15) is 24.8 Å². The molecule has 9 heteroatoms. The summed E-state index contributed by atoms with van der Waals surface area (Å²) < 4.78 is 0. The zero-order valence-electron chi connectivity index (χ0n) is 15.8. The van der Waals surface area contributed by atoms with Crippen LogP contribution in [0, 0.1) is 10.1 Å². The van der Waals surface area contributed by atoms with Crippen LogP contribution in [-0.2, 0) is 9.59 Å². The predicted octanol–water partition coefficient (Wildman–Crippen LogP) is 4.27. The number of nitrogens with zero attached hydrogens (tertiary/aromatic N) is 3. The highest BCUT2D eigenvalue weighted by Crippen LogP contribution is 2.44. The van der Waals surface area contributed by atoms with E-state index in [0.29, 0.717) is 5.02 Å². The summed E-state index contributed by atoms with van der Waals surface area (Å²) in [6.45, 7) is 0. The molecule has 1 fully saturated rings. The standard InChI is InChI=1S/C22H14ClN3O5/c23-14-9-7-13(8-10-14)20(27)18-19(16-5-1-2-6-17(16)26(30)31)25(22(29)21(18)28)15-4-3-11-24-12-15/h1-12,19,27H/t19-/m0/s1. The molecule has 4 rings (SSSR count). The highest BCUT2D eigenvalue weighted by atomic mass is 35.5. The molecule has 1 aromatic heterocycles. The smallest absolute Gasteiger partial charge is 0.300 e. The first kappa shape index (κ1) is 20.2. The summed E-state index contributed by atoms with van der Waals surface area (Å²) in [7, 11) is 0. The Hall–Kier alpha value is -4.04. The number of ketones is 1. The van der Waals surface area contributed by atoms with Gasteiger partial charge in [-0.1, -0.05) is 23.7 Å². The van der Waals surface area contributed by atoms with E-state index in [2.05, 4.69) is 4.98 Å². The van der Waals surface area contributed by atoms with E-state index in [1.807, 2.05) is 0 Å². The Morgan fingerprint density at radius 2 is 1.77 bits per heavy atom. The van der Waals surface area contributed by atoms with E-state index in [1.54, 1.807) is 18.2 Å². The number of carbonyl (C=O) groups excluding carboxylic acids is 2. The Labute approximate surface area is 181 Å². The van der Waals surface area contributed by atoms with Gasteiger partial charge in [0.25, 0.3) is 17.4 Å². The molecule has 1 aliphatic rings. The molecule has 1 amide bonds. The maximum atomic E-state index is 13.0. The lowest BCUT2D eigenvalue weighted by Crippen LogP contribution is -2.29. The number of hydrogen-bond donors (Lipinski definition) is 1. The molecule has 1 N–H and O–H groups in total. The number of halogens is 1. The largest absolute Gasteiger partial charge is 0.507 e. The lowest BCUT2D eigenvalue weighted by Gasteiger charge is -2.24. The molecule has 0 aliphatic carbocycles. The van der Waals surface area contributed by atoms with Crippen molar-refractivity contribution in [3.8, 4) is 0 Å². The first-order valence-electron chi connectivity index (χ1n) is 9.10. The van der Waals surface area contributed by atoms with Crippen LogP contribution in [0.1, 0.15) is 17.2 Å². The molecule has 0 bridgehead atoms. The average molecular weight is 436 g/mol. The summed E-state index contributed by atoms with van der Waals surface area (Å²) >= 11 is 5.90. The Balaban J connectivity index is 2.01. The SMILES string of the molecule is O=C1C(=O)N(c2cccnc2)[C@@H](c2ccccc2[N+](=O)[O-])C1=C(O)c1ccc(Cl)cc1. The number of amides is 1. The van der Waals surface area contributed by atoms with E-state index in [0.717, 1.165) is 4.90 Å². The van der Waals surface area contributed by atoms with Gasteiger partial charge in [-0.15, -0.1) is 0 Å². The van der Waals surface area contributed by atoms with E-state index < -0.39 is 28.4 Å². The molecule has 8 nitrogen and oxygen atoms in total.